The van der Waals surface area contributed by atoms with Crippen LogP contribution in [0.2, 0.25) is 0 Å². The third-order valence-corrected chi connectivity index (χ3v) is 4.88. The summed E-state index contributed by atoms with van der Waals surface area (Å²) >= 11 is 0. The molecule has 0 atom stereocenters. The zero-order valence-electron chi connectivity index (χ0n) is 16.4. The molecule has 3 aromatic rings. The quantitative estimate of drug-likeness (QED) is 0.655. The Morgan fingerprint density at radius 3 is 2.54 bits per heavy atom. The van der Waals surface area contributed by atoms with E-state index >= 15 is 0 Å². The molecule has 0 aliphatic heterocycles. The molecule has 0 saturated heterocycles. The van der Waals surface area contributed by atoms with Gasteiger partial charge in [-0.05, 0) is 54.9 Å². The van der Waals surface area contributed by atoms with Crippen LogP contribution in [0.1, 0.15) is 50.8 Å². The van der Waals surface area contributed by atoms with E-state index < -0.39 is 0 Å². The topological polar surface area (TPSA) is 53.1 Å². The van der Waals surface area contributed by atoms with Gasteiger partial charge in [0.1, 0.15) is 11.9 Å². The highest BCUT2D eigenvalue weighted by Gasteiger charge is 2.20. The van der Waals surface area contributed by atoms with Gasteiger partial charge in [-0.1, -0.05) is 39.8 Å². The Morgan fingerprint density at radius 1 is 1.15 bits per heavy atom. The third kappa shape index (κ3) is 3.26. The average Bonchev–Trinajstić information content (AvgIpc) is 2.97. The summed E-state index contributed by atoms with van der Waals surface area (Å²) in [5.74, 6) is 2.25. The van der Waals surface area contributed by atoms with Gasteiger partial charge in [-0.25, -0.2) is 4.98 Å². The molecule has 3 rings (SSSR count). The Kier molecular flexibility index (Phi) is 5.18. The summed E-state index contributed by atoms with van der Waals surface area (Å²) in [5, 5.41) is 13.5. The number of rotatable bonds is 6. The average molecular weight is 348 g/mol. The van der Waals surface area contributed by atoms with Crippen molar-refractivity contribution in [2.24, 2.45) is 11.8 Å². The van der Waals surface area contributed by atoms with E-state index in [-0.39, 0.29) is 0 Å². The van der Waals surface area contributed by atoms with Crippen LogP contribution < -0.4 is 5.32 Å². The number of para-hydroxylation sites is 2. The molecule has 0 aliphatic rings. The van der Waals surface area contributed by atoms with Crippen molar-refractivity contribution >= 4 is 22.5 Å². The fraction of sp³-hybridized carbons (Fsp3) is 0.455. The molecule has 2 heterocycles. The molecule has 136 valence electrons. The molecule has 4 heteroatoms. The van der Waals surface area contributed by atoms with Crippen LogP contribution in [0.3, 0.4) is 0 Å². The van der Waals surface area contributed by atoms with Crippen molar-refractivity contribution < 1.29 is 0 Å². The lowest BCUT2D eigenvalue weighted by atomic mass is 9.96. The van der Waals surface area contributed by atoms with Crippen LogP contribution in [-0.2, 0) is 6.42 Å². The first-order valence-corrected chi connectivity index (χ1v) is 9.50. The zero-order chi connectivity index (χ0) is 18.8. The smallest absolute Gasteiger partial charge is 0.157 e. The number of fused-ring (bicyclic) bond motifs is 3. The number of benzene rings is 1. The molecule has 0 amide bonds. The van der Waals surface area contributed by atoms with Crippen molar-refractivity contribution in [1.82, 2.24) is 9.38 Å². The minimum absolute atomic E-state index is 0.536. The fourth-order valence-corrected chi connectivity index (χ4v) is 3.41. The van der Waals surface area contributed by atoms with Gasteiger partial charge in [0.15, 0.2) is 5.65 Å². The number of pyridine rings is 1. The van der Waals surface area contributed by atoms with Crippen molar-refractivity contribution in [3.05, 3.63) is 41.0 Å². The standard InChI is InChI=1S/C22H28N4/c1-14(2)10-11-17-16(5)18(12-23)22-25-19-8-6-7-9-20(19)26(22)21(17)24-13-15(3)4/h6-9,14-15,24H,10-11,13H2,1-5H3. The normalized spacial score (nSPS) is 11.6. The lowest BCUT2D eigenvalue weighted by Gasteiger charge is -2.20. The molecule has 0 fully saturated rings. The molecule has 0 unspecified atom stereocenters. The third-order valence-electron chi connectivity index (χ3n) is 4.88. The van der Waals surface area contributed by atoms with Gasteiger partial charge in [-0.2, -0.15) is 5.26 Å². The molecule has 0 aliphatic carbocycles. The molecule has 0 bridgehead atoms. The first-order chi connectivity index (χ1) is 12.4. The summed E-state index contributed by atoms with van der Waals surface area (Å²) in [6.07, 6.45) is 2.06. The minimum atomic E-state index is 0.536. The van der Waals surface area contributed by atoms with Gasteiger partial charge in [0.25, 0.3) is 0 Å². The van der Waals surface area contributed by atoms with E-state index in [2.05, 4.69) is 56.5 Å². The lowest BCUT2D eigenvalue weighted by molar-refractivity contribution is 0.585. The molecular formula is C22H28N4. The summed E-state index contributed by atoms with van der Waals surface area (Å²) in [6.45, 7) is 11.9. The van der Waals surface area contributed by atoms with Gasteiger partial charge >= 0.3 is 0 Å². The monoisotopic (exact) mass is 348 g/mol. The second-order valence-electron chi connectivity index (χ2n) is 7.91. The highest BCUT2D eigenvalue weighted by atomic mass is 15.1. The second-order valence-corrected chi connectivity index (χ2v) is 7.91. The number of nitrogens with zero attached hydrogens (tertiary/aromatic N) is 3. The molecule has 0 saturated carbocycles. The van der Waals surface area contributed by atoms with Crippen LogP contribution >= 0.6 is 0 Å². The van der Waals surface area contributed by atoms with Gasteiger partial charge in [0.2, 0.25) is 0 Å². The highest BCUT2D eigenvalue weighted by Crippen LogP contribution is 2.32. The van der Waals surface area contributed by atoms with Crippen LogP contribution in [0, 0.1) is 30.1 Å². The van der Waals surface area contributed by atoms with Gasteiger partial charge in [0, 0.05) is 6.54 Å². The number of imidazole rings is 1. The van der Waals surface area contributed by atoms with Gasteiger partial charge in [-0.3, -0.25) is 4.40 Å². The second kappa shape index (κ2) is 7.37. The maximum Gasteiger partial charge on any atom is 0.157 e. The van der Waals surface area contributed by atoms with Crippen LogP contribution in [0.5, 0.6) is 0 Å². The number of hydrogen-bond acceptors (Lipinski definition) is 3. The van der Waals surface area contributed by atoms with Gasteiger partial charge in [-0.15, -0.1) is 0 Å². The Bertz CT molecular complexity index is 973. The SMILES string of the molecule is Cc1c(CCC(C)C)c(NCC(C)C)n2c(nc3ccccc32)c1C#N. The molecular weight excluding hydrogens is 320 g/mol. The number of nitrogens with one attached hydrogen (secondary N) is 1. The van der Waals surface area contributed by atoms with Crippen LogP contribution in [0.4, 0.5) is 5.82 Å². The van der Waals surface area contributed by atoms with Crippen molar-refractivity contribution in [2.75, 3.05) is 11.9 Å². The first-order valence-electron chi connectivity index (χ1n) is 9.50. The molecule has 0 spiro atoms. The number of aromatic nitrogens is 2. The predicted molar refractivity (Wildman–Crippen MR) is 109 cm³/mol. The van der Waals surface area contributed by atoms with Crippen LogP contribution in [0.15, 0.2) is 24.3 Å². The molecule has 4 nitrogen and oxygen atoms in total. The van der Waals surface area contributed by atoms with Crippen molar-refractivity contribution in [3.8, 4) is 6.07 Å². The first kappa shape index (κ1) is 18.3. The fourth-order valence-electron chi connectivity index (χ4n) is 3.41. The Morgan fingerprint density at radius 2 is 1.88 bits per heavy atom. The van der Waals surface area contributed by atoms with Crippen molar-refractivity contribution in [3.63, 3.8) is 0 Å². The van der Waals surface area contributed by atoms with Gasteiger partial charge < -0.3 is 5.32 Å². The summed E-state index contributed by atoms with van der Waals surface area (Å²) in [7, 11) is 0. The molecule has 2 aromatic heterocycles. The van der Waals surface area contributed by atoms with E-state index in [1.165, 1.54) is 5.56 Å². The predicted octanol–water partition coefficient (Wildman–Crippen LogP) is 5.32. The molecule has 0 radical (unpaired) electrons. The minimum Gasteiger partial charge on any atom is -0.371 e. The van der Waals surface area contributed by atoms with Crippen molar-refractivity contribution in [1.29, 1.82) is 5.26 Å². The van der Waals surface area contributed by atoms with E-state index in [0.29, 0.717) is 17.4 Å². The molecule has 1 aromatic carbocycles. The summed E-state index contributed by atoms with van der Waals surface area (Å²) in [6, 6.07) is 10.5. The maximum absolute atomic E-state index is 9.83. The van der Waals surface area contributed by atoms with E-state index in [1.54, 1.807) is 0 Å². The maximum atomic E-state index is 9.83. The largest absolute Gasteiger partial charge is 0.371 e. The van der Waals surface area contributed by atoms with E-state index in [9.17, 15) is 5.26 Å². The van der Waals surface area contributed by atoms with E-state index in [4.69, 9.17) is 4.98 Å². The van der Waals surface area contributed by atoms with E-state index in [0.717, 1.165) is 47.4 Å². The van der Waals surface area contributed by atoms with E-state index in [1.807, 2.05) is 18.2 Å². The summed E-state index contributed by atoms with van der Waals surface area (Å²) < 4.78 is 2.15. The van der Waals surface area contributed by atoms with Gasteiger partial charge in [0.05, 0.1) is 16.6 Å². The number of hydrogen-bond donors (Lipinski definition) is 1. The van der Waals surface area contributed by atoms with Crippen LogP contribution in [-0.4, -0.2) is 15.9 Å². The Balaban J connectivity index is 2.34. The highest BCUT2D eigenvalue weighted by molar-refractivity contribution is 5.86. The Hall–Kier alpha value is -2.54. The number of nitriles is 1. The Labute approximate surface area is 155 Å². The summed E-state index contributed by atoms with van der Waals surface area (Å²) in [5.41, 5.74) is 5.72. The zero-order valence-corrected chi connectivity index (χ0v) is 16.4. The number of anilines is 1. The van der Waals surface area contributed by atoms with Crippen molar-refractivity contribution in [2.45, 2.75) is 47.5 Å². The molecule has 26 heavy (non-hydrogen) atoms. The summed E-state index contributed by atoms with van der Waals surface area (Å²) in [4.78, 5) is 4.77. The van der Waals surface area contributed by atoms with Crippen LogP contribution in [0.25, 0.3) is 16.7 Å². The lowest BCUT2D eigenvalue weighted by Crippen LogP contribution is -2.15. The molecule has 1 N–H and O–H groups in total.